The lowest BCUT2D eigenvalue weighted by molar-refractivity contribution is 0.318. The fourth-order valence-corrected chi connectivity index (χ4v) is 1.30. The number of oxime groups is 1. The molecule has 0 radical (unpaired) electrons. The first kappa shape index (κ1) is 12.1. The van der Waals surface area contributed by atoms with Crippen molar-refractivity contribution in [3.8, 4) is 18.1 Å². The fraction of sp³-hybridized carbons (Fsp3) is 0.308. The van der Waals surface area contributed by atoms with E-state index in [1.54, 1.807) is 0 Å². The van der Waals surface area contributed by atoms with E-state index in [2.05, 4.69) is 11.1 Å². The van der Waals surface area contributed by atoms with Gasteiger partial charge in [0.2, 0.25) is 0 Å². The van der Waals surface area contributed by atoms with E-state index < -0.39 is 0 Å². The second-order valence-corrected chi connectivity index (χ2v) is 3.23. The maximum absolute atomic E-state index is 8.76. The number of rotatable bonds is 5. The van der Waals surface area contributed by atoms with Gasteiger partial charge in [0.15, 0.2) is 0 Å². The summed E-state index contributed by atoms with van der Waals surface area (Å²) in [4.78, 5) is 0. The number of hydrogen-bond donors (Lipinski definition) is 1. The Kier molecular flexibility index (Phi) is 4.94. The van der Waals surface area contributed by atoms with Gasteiger partial charge in [0.1, 0.15) is 5.75 Å². The molecule has 0 aliphatic heterocycles. The molecule has 3 heteroatoms. The van der Waals surface area contributed by atoms with Crippen LogP contribution >= 0.6 is 0 Å². The number of benzene rings is 1. The topological polar surface area (TPSA) is 41.8 Å². The Labute approximate surface area is 95.7 Å². The fourth-order valence-electron chi connectivity index (χ4n) is 1.30. The first-order valence-electron chi connectivity index (χ1n) is 5.19. The molecular weight excluding hydrogens is 202 g/mol. The highest BCUT2D eigenvalue weighted by Crippen LogP contribution is 2.14. The lowest BCUT2D eigenvalue weighted by Crippen LogP contribution is -2.00. The average Bonchev–Trinajstić information content (AvgIpc) is 2.33. The summed E-state index contributed by atoms with van der Waals surface area (Å²) >= 11 is 0. The van der Waals surface area contributed by atoms with Crippen LogP contribution in [0.3, 0.4) is 0 Å². The van der Waals surface area contributed by atoms with Crippen molar-refractivity contribution < 1.29 is 9.94 Å². The van der Waals surface area contributed by atoms with Crippen LogP contribution in [0.2, 0.25) is 0 Å². The zero-order chi connectivity index (χ0) is 11.8. The van der Waals surface area contributed by atoms with Gasteiger partial charge in [0, 0.05) is 6.42 Å². The molecule has 0 amide bonds. The van der Waals surface area contributed by atoms with E-state index in [4.69, 9.17) is 16.4 Å². The van der Waals surface area contributed by atoms with Gasteiger partial charge in [-0.1, -0.05) is 12.1 Å². The summed E-state index contributed by atoms with van der Waals surface area (Å²) in [6.07, 6.45) is 6.40. The van der Waals surface area contributed by atoms with E-state index in [0.717, 1.165) is 11.3 Å². The predicted octanol–water partition coefficient (Wildman–Crippen LogP) is 2.68. The van der Waals surface area contributed by atoms with Crippen LogP contribution < -0.4 is 4.74 Å². The van der Waals surface area contributed by atoms with E-state index in [1.807, 2.05) is 31.2 Å². The molecule has 1 aromatic carbocycles. The lowest BCUT2D eigenvalue weighted by atomic mass is 10.1. The summed E-state index contributed by atoms with van der Waals surface area (Å²) in [5.74, 6) is 3.28. The van der Waals surface area contributed by atoms with Gasteiger partial charge in [0.25, 0.3) is 0 Å². The molecule has 1 rings (SSSR count). The van der Waals surface area contributed by atoms with Crippen molar-refractivity contribution in [2.45, 2.75) is 19.8 Å². The molecule has 1 N–H and O–H groups in total. The number of ether oxygens (including phenoxy) is 1. The summed E-state index contributed by atoms with van der Waals surface area (Å²) in [6.45, 7) is 2.46. The summed E-state index contributed by atoms with van der Waals surface area (Å²) in [5, 5.41) is 12.0. The van der Waals surface area contributed by atoms with Crippen LogP contribution in [0.1, 0.15) is 25.3 Å². The minimum absolute atomic E-state index is 0.518. The van der Waals surface area contributed by atoms with Crippen LogP contribution in [0.4, 0.5) is 0 Å². The largest absolute Gasteiger partial charge is 0.493 e. The standard InChI is InChI=1S/C13H15NO2/c1-3-5-10-16-12-8-6-11(7-9-12)13(4-2)14-15/h1,6-9,15H,4-5,10H2,2H3/b14-13+. The van der Waals surface area contributed by atoms with Crippen LogP contribution in [0.25, 0.3) is 0 Å². The zero-order valence-corrected chi connectivity index (χ0v) is 9.31. The van der Waals surface area contributed by atoms with Gasteiger partial charge in [-0.2, -0.15) is 0 Å². The average molecular weight is 217 g/mol. The van der Waals surface area contributed by atoms with Gasteiger partial charge in [-0.05, 0) is 36.2 Å². The van der Waals surface area contributed by atoms with E-state index >= 15 is 0 Å². The molecule has 0 saturated heterocycles. The Morgan fingerprint density at radius 2 is 2.12 bits per heavy atom. The van der Waals surface area contributed by atoms with Gasteiger partial charge in [-0.25, -0.2) is 0 Å². The molecule has 0 aliphatic carbocycles. The maximum atomic E-state index is 8.76. The van der Waals surface area contributed by atoms with Gasteiger partial charge in [-0.3, -0.25) is 0 Å². The molecule has 84 valence electrons. The Morgan fingerprint density at radius 1 is 1.44 bits per heavy atom. The molecule has 3 nitrogen and oxygen atoms in total. The third-order valence-electron chi connectivity index (χ3n) is 2.16. The molecule has 0 spiro atoms. The minimum atomic E-state index is 0.518. The summed E-state index contributed by atoms with van der Waals surface area (Å²) < 4.78 is 5.40. The molecule has 16 heavy (non-hydrogen) atoms. The van der Waals surface area contributed by atoms with Crippen LogP contribution in [0.5, 0.6) is 5.75 Å². The Morgan fingerprint density at radius 3 is 2.62 bits per heavy atom. The SMILES string of the molecule is C#CCCOc1ccc(/C(CC)=N/O)cc1. The maximum Gasteiger partial charge on any atom is 0.119 e. The monoisotopic (exact) mass is 217 g/mol. The van der Waals surface area contributed by atoms with Gasteiger partial charge < -0.3 is 9.94 Å². The smallest absolute Gasteiger partial charge is 0.119 e. The second-order valence-electron chi connectivity index (χ2n) is 3.23. The van der Waals surface area contributed by atoms with Crippen molar-refractivity contribution >= 4 is 5.71 Å². The molecule has 0 bridgehead atoms. The Hall–Kier alpha value is -1.95. The predicted molar refractivity (Wildman–Crippen MR) is 64.0 cm³/mol. The molecule has 0 unspecified atom stereocenters. The quantitative estimate of drug-likeness (QED) is 0.271. The van der Waals surface area contributed by atoms with Crippen molar-refractivity contribution in [3.05, 3.63) is 29.8 Å². The first-order valence-corrected chi connectivity index (χ1v) is 5.19. The van der Waals surface area contributed by atoms with E-state index in [9.17, 15) is 0 Å². The summed E-state index contributed by atoms with van der Waals surface area (Å²) in [7, 11) is 0. The van der Waals surface area contributed by atoms with Crippen molar-refractivity contribution in [2.24, 2.45) is 5.16 Å². The lowest BCUT2D eigenvalue weighted by Gasteiger charge is -2.05. The molecule has 1 aromatic rings. The first-order chi connectivity index (χ1) is 7.81. The normalized spacial score (nSPS) is 10.9. The van der Waals surface area contributed by atoms with Crippen LogP contribution in [-0.4, -0.2) is 17.5 Å². The highest BCUT2D eigenvalue weighted by molar-refractivity contribution is 6.00. The van der Waals surface area contributed by atoms with Crippen LogP contribution in [-0.2, 0) is 0 Å². The number of hydrogen-bond acceptors (Lipinski definition) is 3. The zero-order valence-electron chi connectivity index (χ0n) is 9.31. The summed E-state index contributed by atoms with van der Waals surface area (Å²) in [5.41, 5.74) is 1.56. The molecule has 0 atom stereocenters. The van der Waals surface area contributed by atoms with E-state index in [-0.39, 0.29) is 0 Å². The number of nitrogens with zero attached hydrogens (tertiary/aromatic N) is 1. The molecular formula is C13H15NO2. The van der Waals surface area contributed by atoms with E-state index in [1.165, 1.54) is 0 Å². The molecule has 0 heterocycles. The van der Waals surface area contributed by atoms with Gasteiger partial charge >= 0.3 is 0 Å². The van der Waals surface area contributed by atoms with E-state index in [0.29, 0.717) is 25.2 Å². The Balaban J connectivity index is 2.65. The second kappa shape index (κ2) is 6.52. The Bertz CT molecular complexity index is 387. The minimum Gasteiger partial charge on any atom is -0.493 e. The van der Waals surface area contributed by atoms with Crippen molar-refractivity contribution in [3.63, 3.8) is 0 Å². The molecule has 0 aromatic heterocycles. The molecule has 0 aliphatic rings. The summed E-state index contributed by atoms with van der Waals surface area (Å²) in [6, 6.07) is 7.41. The van der Waals surface area contributed by atoms with Crippen molar-refractivity contribution in [2.75, 3.05) is 6.61 Å². The molecule has 0 saturated carbocycles. The van der Waals surface area contributed by atoms with Gasteiger partial charge in [0.05, 0.1) is 12.3 Å². The highest BCUT2D eigenvalue weighted by atomic mass is 16.5. The van der Waals surface area contributed by atoms with Crippen LogP contribution in [0.15, 0.2) is 29.4 Å². The van der Waals surface area contributed by atoms with Crippen molar-refractivity contribution in [1.82, 2.24) is 0 Å². The third-order valence-corrected chi connectivity index (χ3v) is 2.16. The van der Waals surface area contributed by atoms with Crippen LogP contribution in [0, 0.1) is 12.3 Å². The highest BCUT2D eigenvalue weighted by Gasteiger charge is 2.01. The number of terminal acetylenes is 1. The van der Waals surface area contributed by atoms with Crippen molar-refractivity contribution in [1.29, 1.82) is 0 Å². The van der Waals surface area contributed by atoms with Gasteiger partial charge in [-0.15, -0.1) is 12.3 Å². The third kappa shape index (κ3) is 3.32. The molecule has 0 fully saturated rings.